The summed E-state index contributed by atoms with van der Waals surface area (Å²) in [6, 6.07) is 8.41. The first-order valence-corrected chi connectivity index (χ1v) is 7.60. The molecule has 0 amide bonds. The highest BCUT2D eigenvalue weighted by Gasteiger charge is 2.13. The van der Waals surface area contributed by atoms with Gasteiger partial charge in [0, 0.05) is 23.4 Å². The molecular formula is C17H17N3O4. The van der Waals surface area contributed by atoms with E-state index in [-0.39, 0.29) is 5.75 Å². The molecule has 0 saturated carbocycles. The van der Waals surface area contributed by atoms with E-state index in [1.54, 1.807) is 30.5 Å². The molecule has 3 aromatic rings. The van der Waals surface area contributed by atoms with E-state index in [1.165, 1.54) is 6.07 Å². The predicted octanol–water partition coefficient (Wildman–Crippen LogP) is 3.30. The van der Waals surface area contributed by atoms with Gasteiger partial charge in [0.05, 0.1) is 13.2 Å². The van der Waals surface area contributed by atoms with Crippen LogP contribution in [-0.4, -0.2) is 33.4 Å². The molecular weight excluding hydrogens is 310 g/mol. The smallest absolute Gasteiger partial charge is 0.258 e. The predicted molar refractivity (Wildman–Crippen MR) is 87.0 cm³/mol. The topological polar surface area (TPSA) is 90.5 Å². The highest BCUT2D eigenvalue weighted by molar-refractivity contribution is 5.63. The van der Waals surface area contributed by atoms with Crippen molar-refractivity contribution in [1.29, 1.82) is 0 Å². The molecule has 1 aromatic carbocycles. The summed E-state index contributed by atoms with van der Waals surface area (Å²) in [6.45, 7) is 4.71. The van der Waals surface area contributed by atoms with Gasteiger partial charge in [-0.15, -0.1) is 0 Å². The minimum Gasteiger partial charge on any atom is -0.504 e. The summed E-state index contributed by atoms with van der Waals surface area (Å²) in [5.74, 6) is 1.71. The summed E-state index contributed by atoms with van der Waals surface area (Å²) in [6.07, 6.45) is 1.62. The van der Waals surface area contributed by atoms with Crippen LogP contribution in [0.5, 0.6) is 17.4 Å². The fourth-order valence-electron chi connectivity index (χ4n) is 2.15. The summed E-state index contributed by atoms with van der Waals surface area (Å²) in [5.41, 5.74) is 1.40. The molecule has 0 spiro atoms. The zero-order chi connectivity index (χ0) is 16.9. The van der Waals surface area contributed by atoms with Crippen molar-refractivity contribution in [2.75, 3.05) is 13.2 Å². The number of pyridine rings is 1. The Morgan fingerprint density at radius 1 is 1.04 bits per heavy atom. The number of benzene rings is 1. The van der Waals surface area contributed by atoms with Crippen molar-refractivity contribution in [3.8, 4) is 40.2 Å². The second-order valence-corrected chi connectivity index (χ2v) is 4.85. The van der Waals surface area contributed by atoms with Crippen molar-refractivity contribution < 1.29 is 19.1 Å². The lowest BCUT2D eigenvalue weighted by Gasteiger charge is -2.06. The number of hydrogen-bond donors (Lipinski definition) is 1. The van der Waals surface area contributed by atoms with Gasteiger partial charge >= 0.3 is 0 Å². The van der Waals surface area contributed by atoms with E-state index in [9.17, 15) is 5.11 Å². The highest BCUT2D eigenvalue weighted by Crippen LogP contribution is 2.31. The standard InChI is InChI=1S/C17H17N3O4/c1-3-22-14-9-11(5-6-13(14)21)16-19-17(24-20-16)12-7-8-18-15(10-12)23-4-2/h5-10,21H,3-4H2,1-2H3. The van der Waals surface area contributed by atoms with Gasteiger partial charge in [0.1, 0.15) is 0 Å². The largest absolute Gasteiger partial charge is 0.504 e. The van der Waals surface area contributed by atoms with Crippen molar-refractivity contribution in [2.45, 2.75) is 13.8 Å². The first kappa shape index (κ1) is 15.8. The Labute approximate surface area is 138 Å². The van der Waals surface area contributed by atoms with Gasteiger partial charge in [-0.05, 0) is 38.1 Å². The van der Waals surface area contributed by atoms with Crippen LogP contribution >= 0.6 is 0 Å². The molecule has 0 unspecified atom stereocenters. The maximum Gasteiger partial charge on any atom is 0.258 e. The van der Waals surface area contributed by atoms with Crippen LogP contribution in [0.3, 0.4) is 0 Å². The zero-order valence-corrected chi connectivity index (χ0v) is 13.4. The molecule has 7 heteroatoms. The summed E-state index contributed by atoms with van der Waals surface area (Å²) >= 11 is 0. The van der Waals surface area contributed by atoms with Crippen LogP contribution in [0.25, 0.3) is 22.8 Å². The third-order valence-corrected chi connectivity index (χ3v) is 3.22. The third-order valence-electron chi connectivity index (χ3n) is 3.22. The number of aromatic hydroxyl groups is 1. The van der Waals surface area contributed by atoms with Crippen LogP contribution in [0.2, 0.25) is 0 Å². The summed E-state index contributed by atoms with van der Waals surface area (Å²) in [7, 11) is 0. The minimum absolute atomic E-state index is 0.0693. The molecule has 0 bridgehead atoms. The molecule has 0 saturated heterocycles. The highest BCUT2D eigenvalue weighted by atomic mass is 16.5. The lowest BCUT2D eigenvalue weighted by Crippen LogP contribution is -1.94. The van der Waals surface area contributed by atoms with Gasteiger partial charge in [-0.1, -0.05) is 5.16 Å². The van der Waals surface area contributed by atoms with E-state index in [0.717, 1.165) is 5.56 Å². The summed E-state index contributed by atoms with van der Waals surface area (Å²) in [4.78, 5) is 8.49. The Kier molecular flexibility index (Phi) is 4.60. The Morgan fingerprint density at radius 2 is 1.88 bits per heavy atom. The molecule has 124 valence electrons. The SMILES string of the molecule is CCOc1cc(-c2nc(-c3ccc(O)c(OCC)c3)no2)ccn1. The lowest BCUT2D eigenvalue weighted by molar-refractivity contribution is 0.318. The second-order valence-electron chi connectivity index (χ2n) is 4.85. The maximum atomic E-state index is 9.77. The van der Waals surface area contributed by atoms with Gasteiger partial charge in [0.2, 0.25) is 11.7 Å². The van der Waals surface area contributed by atoms with Gasteiger partial charge in [-0.3, -0.25) is 0 Å². The number of hydrogen-bond acceptors (Lipinski definition) is 7. The van der Waals surface area contributed by atoms with Gasteiger partial charge in [-0.2, -0.15) is 4.98 Å². The summed E-state index contributed by atoms with van der Waals surface area (Å²) in [5, 5.41) is 13.8. The Balaban J connectivity index is 1.90. The monoisotopic (exact) mass is 327 g/mol. The maximum absolute atomic E-state index is 9.77. The van der Waals surface area contributed by atoms with Gasteiger partial charge < -0.3 is 19.1 Å². The van der Waals surface area contributed by atoms with Crippen LogP contribution in [0.1, 0.15) is 13.8 Å². The lowest BCUT2D eigenvalue weighted by atomic mass is 10.2. The van der Waals surface area contributed by atoms with Crippen molar-refractivity contribution in [3.63, 3.8) is 0 Å². The number of aromatic nitrogens is 3. The van der Waals surface area contributed by atoms with E-state index in [0.29, 0.717) is 42.1 Å². The van der Waals surface area contributed by atoms with Crippen molar-refractivity contribution in [2.24, 2.45) is 0 Å². The molecule has 2 heterocycles. The van der Waals surface area contributed by atoms with E-state index in [1.807, 2.05) is 13.8 Å². The van der Waals surface area contributed by atoms with Crippen molar-refractivity contribution >= 4 is 0 Å². The van der Waals surface area contributed by atoms with E-state index >= 15 is 0 Å². The first-order chi connectivity index (χ1) is 11.7. The first-order valence-electron chi connectivity index (χ1n) is 7.60. The van der Waals surface area contributed by atoms with Crippen LogP contribution in [0.15, 0.2) is 41.1 Å². The Morgan fingerprint density at radius 3 is 2.67 bits per heavy atom. The molecule has 0 radical (unpaired) electrons. The normalized spacial score (nSPS) is 10.6. The van der Waals surface area contributed by atoms with Crippen LogP contribution in [-0.2, 0) is 0 Å². The number of ether oxygens (including phenoxy) is 2. The summed E-state index contributed by atoms with van der Waals surface area (Å²) < 4.78 is 16.1. The average Bonchev–Trinajstić information content (AvgIpc) is 3.08. The van der Waals surface area contributed by atoms with Crippen molar-refractivity contribution in [3.05, 3.63) is 36.5 Å². The van der Waals surface area contributed by atoms with E-state index in [4.69, 9.17) is 14.0 Å². The minimum atomic E-state index is 0.0693. The molecule has 2 aromatic heterocycles. The Bertz CT molecular complexity index is 832. The van der Waals surface area contributed by atoms with Crippen LogP contribution in [0, 0.1) is 0 Å². The fourth-order valence-corrected chi connectivity index (χ4v) is 2.15. The zero-order valence-electron chi connectivity index (χ0n) is 13.4. The molecule has 0 aliphatic carbocycles. The molecule has 0 atom stereocenters. The number of phenolic OH excluding ortho intramolecular Hbond substituents is 1. The van der Waals surface area contributed by atoms with E-state index < -0.39 is 0 Å². The molecule has 0 fully saturated rings. The van der Waals surface area contributed by atoms with Crippen LogP contribution in [0.4, 0.5) is 0 Å². The van der Waals surface area contributed by atoms with Crippen molar-refractivity contribution in [1.82, 2.24) is 15.1 Å². The number of rotatable bonds is 6. The Hall–Kier alpha value is -3.09. The molecule has 0 aliphatic rings. The molecule has 7 nitrogen and oxygen atoms in total. The third kappa shape index (κ3) is 3.29. The second kappa shape index (κ2) is 6.99. The van der Waals surface area contributed by atoms with Gasteiger partial charge in [-0.25, -0.2) is 4.98 Å². The molecule has 24 heavy (non-hydrogen) atoms. The molecule has 0 aliphatic heterocycles. The van der Waals surface area contributed by atoms with Gasteiger partial charge in [0.25, 0.3) is 5.89 Å². The molecule has 3 rings (SSSR count). The number of nitrogens with zero attached hydrogens (tertiary/aromatic N) is 3. The van der Waals surface area contributed by atoms with Crippen LogP contribution < -0.4 is 9.47 Å². The fraction of sp³-hybridized carbons (Fsp3) is 0.235. The quantitative estimate of drug-likeness (QED) is 0.742. The van der Waals surface area contributed by atoms with E-state index in [2.05, 4.69) is 15.1 Å². The number of phenols is 1. The average molecular weight is 327 g/mol. The van der Waals surface area contributed by atoms with Gasteiger partial charge in [0.15, 0.2) is 11.5 Å². The molecule has 1 N–H and O–H groups in total.